The zero-order valence-electron chi connectivity index (χ0n) is 7.32. The number of nitrogens with one attached hydrogen (secondary N) is 1. The molecule has 0 fully saturated rings. The smallest absolute Gasteiger partial charge is 0.313 e. The molecule has 1 amide bonds. The first-order valence-corrected chi connectivity index (χ1v) is 4.92. The van der Waals surface area contributed by atoms with E-state index >= 15 is 0 Å². The van der Waals surface area contributed by atoms with Gasteiger partial charge in [0.1, 0.15) is 0 Å². The Bertz CT molecular complexity index is 183. The van der Waals surface area contributed by atoms with Crippen LogP contribution in [-0.2, 0) is 9.59 Å². The zero-order chi connectivity index (χ0) is 10.3. The molecule has 0 aliphatic carbocycles. The minimum atomic E-state index is -0.937. The summed E-state index contributed by atoms with van der Waals surface area (Å²) in [6, 6.07) is 0. The van der Waals surface area contributed by atoms with Gasteiger partial charge in [-0.05, 0) is 6.92 Å². The van der Waals surface area contributed by atoms with Crippen molar-refractivity contribution in [1.82, 2.24) is 5.32 Å². The average molecular weight is 207 g/mol. The first-order valence-electron chi connectivity index (χ1n) is 3.76. The molecule has 0 rings (SSSR count). The van der Waals surface area contributed by atoms with Crippen LogP contribution in [0.4, 0.5) is 0 Å². The van der Waals surface area contributed by atoms with Gasteiger partial charge in [0.25, 0.3) is 0 Å². The van der Waals surface area contributed by atoms with E-state index in [1.165, 1.54) is 0 Å². The van der Waals surface area contributed by atoms with Crippen molar-refractivity contribution in [3.63, 3.8) is 0 Å². The third-order valence-electron chi connectivity index (χ3n) is 1.05. The van der Waals surface area contributed by atoms with Crippen LogP contribution in [0.5, 0.6) is 0 Å². The third-order valence-corrected chi connectivity index (χ3v) is 1.97. The number of aliphatic hydroxyl groups excluding tert-OH is 1. The van der Waals surface area contributed by atoms with E-state index < -0.39 is 12.1 Å². The van der Waals surface area contributed by atoms with Gasteiger partial charge in [-0.2, -0.15) is 0 Å². The quantitative estimate of drug-likeness (QED) is 0.536. The highest BCUT2D eigenvalue weighted by Crippen LogP contribution is 1.97. The molecule has 0 saturated heterocycles. The number of rotatable bonds is 6. The van der Waals surface area contributed by atoms with Crippen LogP contribution in [0.2, 0.25) is 0 Å². The number of carboxylic acid groups (broad SMARTS) is 1. The lowest BCUT2D eigenvalue weighted by Gasteiger charge is -2.05. The van der Waals surface area contributed by atoms with E-state index in [4.69, 9.17) is 10.2 Å². The fraction of sp³-hybridized carbons (Fsp3) is 0.714. The van der Waals surface area contributed by atoms with E-state index in [9.17, 15) is 9.59 Å². The summed E-state index contributed by atoms with van der Waals surface area (Å²) in [7, 11) is 0. The van der Waals surface area contributed by atoms with E-state index in [2.05, 4.69) is 5.32 Å². The highest BCUT2D eigenvalue weighted by molar-refractivity contribution is 8.00. The normalized spacial score (nSPS) is 12.2. The Balaban J connectivity index is 3.35. The van der Waals surface area contributed by atoms with E-state index in [0.29, 0.717) is 0 Å². The molecule has 0 aliphatic rings. The molecule has 0 spiro atoms. The van der Waals surface area contributed by atoms with Crippen LogP contribution in [0.3, 0.4) is 0 Å². The number of thioether (sulfide) groups is 1. The highest BCUT2D eigenvalue weighted by atomic mass is 32.2. The molecule has 0 aromatic rings. The van der Waals surface area contributed by atoms with Crippen molar-refractivity contribution in [1.29, 1.82) is 0 Å². The predicted molar refractivity (Wildman–Crippen MR) is 49.7 cm³/mol. The van der Waals surface area contributed by atoms with Gasteiger partial charge in [-0.15, -0.1) is 11.8 Å². The predicted octanol–water partition coefficient (Wildman–Crippen LogP) is -0.699. The number of carbonyl (C=O) groups excluding carboxylic acids is 1. The number of carbonyl (C=O) groups is 2. The number of aliphatic carboxylic acids is 1. The maximum Gasteiger partial charge on any atom is 0.313 e. The molecule has 3 N–H and O–H groups in total. The van der Waals surface area contributed by atoms with Crippen molar-refractivity contribution in [2.45, 2.75) is 13.0 Å². The molecule has 6 heteroatoms. The van der Waals surface area contributed by atoms with Gasteiger partial charge in [0.05, 0.1) is 17.6 Å². The Labute approximate surface area is 80.5 Å². The second-order valence-corrected chi connectivity index (χ2v) is 3.53. The van der Waals surface area contributed by atoms with Crippen LogP contribution in [-0.4, -0.2) is 46.2 Å². The van der Waals surface area contributed by atoms with E-state index in [1.54, 1.807) is 6.92 Å². The summed E-state index contributed by atoms with van der Waals surface area (Å²) in [5.74, 6) is -1.17. The molecule has 0 aromatic heterocycles. The van der Waals surface area contributed by atoms with E-state index in [1.807, 2.05) is 0 Å². The standard InChI is InChI=1S/C7H13NO4S/c1-5(9)2-8-6(10)3-13-4-7(11)12/h5,9H,2-4H2,1H3,(H,8,10)(H,11,12). The molecule has 0 bridgehead atoms. The summed E-state index contributed by atoms with van der Waals surface area (Å²) in [6.45, 7) is 1.76. The second kappa shape index (κ2) is 6.73. The molecule has 0 radical (unpaired) electrons. The minimum Gasteiger partial charge on any atom is -0.481 e. The van der Waals surface area contributed by atoms with Gasteiger partial charge < -0.3 is 15.5 Å². The summed E-state index contributed by atoms with van der Waals surface area (Å²) < 4.78 is 0. The van der Waals surface area contributed by atoms with Gasteiger partial charge >= 0.3 is 5.97 Å². The van der Waals surface area contributed by atoms with Crippen molar-refractivity contribution in [3.05, 3.63) is 0 Å². The van der Waals surface area contributed by atoms with Crippen LogP contribution in [0, 0.1) is 0 Å². The molecule has 76 valence electrons. The molecule has 0 saturated carbocycles. The average Bonchev–Trinajstić information content (AvgIpc) is 2.00. The molecule has 1 unspecified atom stereocenters. The van der Waals surface area contributed by atoms with Gasteiger partial charge in [-0.1, -0.05) is 0 Å². The number of hydrogen-bond acceptors (Lipinski definition) is 4. The highest BCUT2D eigenvalue weighted by Gasteiger charge is 2.04. The largest absolute Gasteiger partial charge is 0.481 e. The van der Waals surface area contributed by atoms with Crippen molar-refractivity contribution in [2.24, 2.45) is 0 Å². The maximum absolute atomic E-state index is 10.9. The van der Waals surface area contributed by atoms with Crippen LogP contribution < -0.4 is 5.32 Å². The lowest BCUT2D eigenvalue weighted by Crippen LogP contribution is -2.32. The Hall–Kier alpha value is -0.750. The van der Waals surface area contributed by atoms with E-state index in [0.717, 1.165) is 11.8 Å². The Morgan fingerprint density at radius 2 is 2.08 bits per heavy atom. The van der Waals surface area contributed by atoms with Gasteiger partial charge in [-0.25, -0.2) is 0 Å². The zero-order valence-corrected chi connectivity index (χ0v) is 8.13. The number of amides is 1. The van der Waals surface area contributed by atoms with Crippen molar-refractivity contribution in [3.8, 4) is 0 Å². The van der Waals surface area contributed by atoms with Crippen molar-refractivity contribution >= 4 is 23.6 Å². The first kappa shape index (κ1) is 12.2. The van der Waals surface area contributed by atoms with Gasteiger partial charge in [0.15, 0.2) is 0 Å². The summed E-state index contributed by atoms with van der Waals surface area (Å²) in [6.07, 6.45) is -0.576. The Kier molecular flexibility index (Phi) is 6.34. The van der Waals surface area contributed by atoms with Crippen LogP contribution >= 0.6 is 11.8 Å². The van der Waals surface area contributed by atoms with Crippen molar-refractivity contribution < 1.29 is 19.8 Å². The first-order chi connectivity index (χ1) is 6.02. The summed E-state index contributed by atoms with van der Waals surface area (Å²) in [4.78, 5) is 20.9. The maximum atomic E-state index is 10.9. The third kappa shape index (κ3) is 9.16. The lowest BCUT2D eigenvalue weighted by atomic mass is 10.4. The minimum absolute atomic E-state index is 0.0813. The molecule has 5 nitrogen and oxygen atoms in total. The van der Waals surface area contributed by atoms with Crippen LogP contribution in [0.1, 0.15) is 6.92 Å². The summed E-state index contributed by atoms with van der Waals surface area (Å²) in [5, 5.41) is 19.5. The molecule has 13 heavy (non-hydrogen) atoms. The topological polar surface area (TPSA) is 86.6 Å². The summed E-state index contributed by atoms with van der Waals surface area (Å²) in [5.41, 5.74) is 0. The molecule has 1 atom stereocenters. The number of aliphatic hydroxyl groups is 1. The Morgan fingerprint density at radius 1 is 1.46 bits per heavy atom. The number of hydrogen-bond donors (Lipinski definition) is 3. The summed E-state index contributed by atoms with van der Waals surface area (Å²) >= 11 is 1.03. The molecular weight excluding hydrogens is 194 g/mol. The van der Waals surface area contributed by atoms with E-state index in [-0.39, 0.29) is 24.0 Å². The second-order valence-electron chi connectivity index (χ2n) is 2.54. The van der Waals surface area contributed by atoms with Crippen molar-refractivity contribution in [2.75, 3.05) is 18.1 Å². The van der Waals surface area contributed by atoms with Gasteiger partial charge in [-0.3, -0.25) is 9.59 Å². The van der Waals surface area contributed by atoms with Gasteiger partial charge in [0, 0.05) is 6.54 Å². The molecule has 0 aliphatic heterocycles. The monoisotopic (exact) mass is 207 g/mol. The molecular formula is C7H13NO4S. The fourth-order valence-electron chi connectivity index (χ4n) is 0.544. The van der Waals surface area contributed by atoms with Crippen LogP contribution in [0.15, 0.2) is 0 Å². The molecule has 0 heterocycles. The Morgan fingerprint density at radius 3 is 2.54 bits per heavy atom. The number of carboxylic acids is 1. The van der Waals surface area contributed by atoms with Crippen LogP contribution in [0.25, 0.3) is 0 Å². The fourth-order valence-corrected chi connectivity index (χ4v) is 1.11. The lowest BCUT2D eigenvalue weighted by molar-refractivity contribution is -0.133. The SMILES string of the molecule is CC(O)CNC(=O)CSCC(=O)O. The molecule has 0 aromatic carbocycles. The van der Waals surface area contributed by atoms with Gasteiger partial charge in [0.2, 0.25) is 5.91 Å².